The van der Waals surface area contributed by atoms with Crippen molar-refractivity contribution in [2.75, 3.05) is 12.1 Å². The van der Waals surface area contributed by atoms with Crippen LogP contribution in [-0.4, -0.2) is 12.7 Å². The van der Waals surface area contributed by atoms with Crippen LogP contribution in [0.15, 0.2) is 72.4 Å². The van der Waals surface area contributed by atoms with E-state index in [0.29, 0.717) is 11.5 Å². The summed E-state index contributed by atoms with van der Waals surface area (Å²) in [5.74, 6) is 0.889. The minimum absolute atomic E-state index is 0.00585. The minimum atomic E-state index is -0.451. The molecule has 0 spiro atoms. The maximum absolute atomic E-state index is 12.4. The summed E-state index contributed by atoms with van der Waals surface area (Å²) in [6.07, 6.45) is 1.43. The van der Waals surface area contributed by atoms with Gasteiger partial charge in [-0.3, -0.25) is 4.79 Å². The fraction of sp³-hybridized carbons (Fsp3) is 0.0909. The van der Waals surface area contributed by atoms with E-state index in [-0.39, 0.29) is 18.9 Å². The molecule has 1 aliphatic rings. The largest absolute Gasteiger partial charge is 0.454 e. The molecule has 0 aromatic heterocycles. The van der Waals surface area contributed by atoms with Crippen LogP contribution in [-0.2, 0) is 11.3 Å². The Bertz CT molecular complexity index is 1110. The summed E-state index contributed by atoms with van der Waals surface area (Å²) in [5.41, 5.74) is 1.68. The van der Waals surface area contributed by atoms with Gasteiger partial charge in [-0.1, -0.05) is 42.5 Å². The van der Waals surface area contributed by atoms with E-state index in [9.17, 15) is 10.1 Å². The molecule has 0 fully saturated rings. The molecule has 6 nitrogen and oxygen atoms in total. The van der Waals surface area contributed by atoms with Gasteiger partial charge in [0.05, 0.1) is 0 Å². The summed E-state index contributed by atoms with van der Waals surface area (Å²) in [4.78, 5) is 12.4. The number of fused-ring (bicyclic) bond motifs is 2. The summed E-state index contributed by atoms with van der Waals surface area (Å²) in [7, 11) is 0. The SMILES string of the molecule is N#C/C(=C/Nc1cccc2ccccc12)C(=O)NCc1ccc2c(c1)OCO2. The van der Waals surface area contributed by atoms with E-state index in [0.717, 1.165) is 22.0 Å². The molecule has 4 rings (SSSR count). The maximum atomic E-state index is 12.4. The van der Waals surface area contributed by atoms with Crippen LogP contribution in [0.25, 0.3) is 10.8 Å². The average Bonchev–Trinajstić information content (AvgIpc) is 3.20. The Kier molecular flexibility index (Phi) is 4.81. The van der Waals surface area contributed by atoms with Crippen LogP contribution in [0, 0.1) is 11.3 Å². The number of hydrogen-bond acceptors (Lipinski definition) is 5. The molecular weight excluding hydrogens is 354 g/mol. The zero-order valence-electron chi connectivity index (χ0n) is 14.9. The van der Waals surface area contributed by atoms with Gasteiger partial charge in [-0.2, -0.15) is 5.26 Å². The molecule has 0 bridgehead atoms. The first kappa shape index (κ1) is 17.4. The lowest BCUT2D eigenvalue weighted by molar-refractivity contribution is -0.117. The zero-order valence-corrected chi connectivity index (χ0v) is 14.9. The number of ether oxygens (including phenoxy) is 2. The Morgan fingerprint density at radius 2 is 1.89 bits per heavy atom. The van der Waals surface area contributed by atoms with Gasteiger partial charge in [-0.15, -0.1) is 0 Å². The Balaban J connectivity index is 1.44. The van der Waals surface area contributed by atoms with E-state index in [2.05, 4.69) is 10.6 Å². The number of nitrogens with one attached hydrogen (secondary N) is 2. The highest BCUT2D eigenvalue weighted by Gasteiger charge is 2.14. The smallest absolute Gasteiger partial charge is 0.263 e. The van der Waals surface area contributed by atoms with Crippen LogP contribution < -0.4 is 20.1 Å². The summed E-state index contributed by atoms with van der Waals surface area (Å²) < 4.78 is 10.6. The number of nitrogens with zero attached hydrogens (tertiary/aromatic N) is 1. The third-order valence-electron chi connectivity index (χ3n) is 4.42. The third-order valence-corrected chi connectivity index (χ3v) is 4.42. The number of nitriles is 1. The predicted molar refractivity (Wildman–Crippen MR) is 106 cm³/mol. The molecule has 6 heteroatoms. The Hall–Kier alpha value is -3.98. The Morgan fingerprint density at radius 1 is 1.07 bits per heavy atom. The second-order valence-corrected chi connectivity index (χ2v) is 6.21. The van der Waals surface area contributed by atoms with Crippen LogP contribution in [0.2, 0.25) is 0 Å². The zero-order chi connectivity index (χ0) is 19.3. The van der Waals surface area contributed by atoms with Crippen molar-refractivity contribution in [3.05, 3.63) is 78.0 Å². The van der Waals surface area contributed by atoms with Crippen molar-refractivity contribution in [3.63, 3.8) is 0 Å². The molecule has 0 aliphatic carbocycles. The Morgan fingerprint density at radius 3 is 2.79 bits per heavy atom. The number of carbonyl (C=O) groups is 1. The van der Waals surface area contributed by atoms with Gasteiger partial charge in [0.25, 0.3) is 5.91 Å². The fourth-order valence-electron chi connectivity index (χ4n) is 2.98. The lowest BCUT2D eigenvalue weighted by atomic mass is 10.1. The first-order chi connectivity index (χ1) is 13.7. The van der Waals surface area contributed by atoms with Crippen LogP contribution in [0.3, 0.4) is 0 Å². The highest BCUT2D eigenvalue weighted by molar-refractivity contribution is 5.98. The van der Waals surface area contributed by atoms with Gasteiger partial charge in [0.2, 0.25) is 6.79 Å². The highest BCUT2D eigenvalue weighted by atomic mass is 16.7. The topological polar surface area (TPSA) is 83.4 Å². The monoisotopic (exact) mass is 371 g/mol. The first-order valence-corrected chi connectivity index (χ1v) is 8.76. The molecule has 2 N–H and O–H groups in total. The van der Waals surface area contributed by atoms with Gasteiger partial charge in [0, 0.05) is 23.8 Å². The quantitative estimate of drug-likeness (QED) is 0.528. The molecule has 0 unspecified atom stereocenters. The van der Waals surface area contributed by atoms with Crippen molar-refractivity contribution < 1.29 is 14.3 Å². The van der Waals surface area contributed by atoms with Crippen LogP contribution >= 0.6 is 0 Å². The maximum Gasteiger partial charge on any atom is 0.263 e. The van der Waals surface area contributed by atoms with Gasteiger partial charge in [-0.25, -0.2) is 0 Å². The molecule has 1 aliphatic heterocycles. The van der Waals surface area contributed by atoms with Gasteiger partial charge in [-0.05, 0) is 29.1 Å². The van der Waals surface area contributed by atoms with Crippen molar-refractivity contribution in [2.45, 2.75) is 6.54 Å². The molecule has 3 aromatic rings. The summed E-state index contributed by atoms with van der Waals surface area (Å²) in [6, 6.07) is 21.1. The van der Waals surface area contributed by atoms with Crippen LogP contribution in [0.5, 0.6) is 11.5 Å². The molecular formula is C22H17N3O3. The van der Waals surface area contributed by atoms with Crippen molar-refractivity contribution in [1.82, 2.24) is 5.32 Å². The molecule has 1 heterocycles. The summed E-state index contributed by atoms with van der Waals surface area (Å²) in [6.45, 7) is 0.481. The van der Waals surface area contributed by atoms with Crippen molar-refractivity contribution in [3.8, 4) is 17.6 Å². The van der Waals surface area contributed by atoms with E-state index >= 15 is 0 Å². The van der Waals surface area contributed by atoms with Crippen molar-refractivity contribution in [1.29, 1.82) is 5.26 Å². The lowest BCUT2D eigenvalue weighted by Crippen LogP contribution is -2.24. The Labute approximate surface area is 162 Å². The van der Waals surface area contributed by atoms with Gasteiger partial charge in [0.1, 0.15) is 11.6 Å². The number of amides is 1. The molecule has 1 amide bonds. The van der Waals surface area contributed by atoms with Crippen molar-refractivity contribution in [2.24, 2.45) is 0 Å². The van der Waals surface area contributed by atoms with Gasteiger partial charge >= 0.3 is 0 Å². The summed E-state index contributed by atoms with van der Waals surface area (Å²) >= 11 is 0. The van der Waals surface area contributed by atoms with E-state index in [4.69, 9.17) is 9.47 Å². The van der Waals surface area contributed by atoms with E-state index in [1.54, 1.807) is 6.07 Å². The minimum Gasteiger partial charge on any atom is -0.454 e. The van der Waals surface area contributed by atoms with Crippen molar-refractivity contribution >= 4 is 22.4 Å². The summed E-state index contributed by atoms with van der Waals surface area (Å²) in [5, 5.41) is 17.3. The highest BCUT2D eigenvalue weighted by Crippen LogP contribution is 2.32. The normalized spacial score (nSPS) is 12.5. The molecule has 0 saturated carbocycles. The number of benzene rings is 3. The molecule has 0 radical (unpaired) electrons. The standard InChI is InChI=1S/C22H17N3O3/c23-11-17(13-24-19-7-3-5-16-4-1-2-6-18(16)19)22(26)25-12-15-8-9-20-21(10-15)28-14-27-20/h1-10,13,24H,12,14H2,(H,25,26)/b17-13-. The fourth-order valence-corrected chi connectivity index (χ4v) is 2.98. The average molecular weight is 371 g/mol. The van der Waals surface area contributed by atoms with Crippen LogP contribution in [0.1, 0.15) is 5.56 Å². The molecule has 0 saturated heterocycles. The molecule has 0 atom stereocenters. The number of hydrogen-bond donors (Lipinski definition) is 2. The number of anilines is 1. The van der Waals surface area contributed by atoms with Gasteiger partial charge in [0.15, 0.2) is 11.5 Å². The lowest BCUT2D eigenvalue weighted by Gasteiger charge is -2.08. The molecule has 28 heavy (non-hydrogen) atoms. The van der Waals surface area contributed by atoms with E-state index in [1.807, 2.05) is 60.7 Å². The third kappa shape index (κ3) is 3.60. The van der Waals surface area contributed by atoms with E-state index in [1.165, 1.54) is 6.20 Å². The van der Waals surface area contributed by atoms with Gasteiger partial charge < -0.3 is 20.1 Å². The van der Waals surface area contributed by atoms with Crippen LogP contribution in [0.4, 0.5) is 5.69 Å². The second kappa shape index (κ2) is 7.72. The number of carbonyl (C=O) groups excluding carboxylic acids is 1. The van der Waals surface area contributed by atoms with E-state index < -0.39 is 5.91 Å². The second-order valence-electron chi connectivity index (χ2n) is 6.21. The predicted octanol–water partition coefficient (Wildman–Crippen LogP) is 3.70. The molecule has 138 valence electrons. The number of rotatable bonds is 5. The first-order valence-electron chi connectivity index (χ1n) is 8.76. The molecule has 3 aromatic carbocycles.